The van der Waals surface area contributed by atoms with E-state index in [1.165, 1.54) is 29.6 Å². The van der Waals surface area contributed by atoms with Crippen molar-refractivity contribution in [3.63, 3.8) is 0 Å². The van der Waals surface area contributed by atoms with Gasteiger partial charge in [-0.15, -0.1) is 11.3 Å². The Morgan fingerprint density at radius 3 is 2.71 bits per heavy atom. The standard InChI is InChI=1S/C22H25N3O2S/c23-22-25-19(15-28-22)14-21(27)24-18-12-10-16(11-13-18)6-4-5-9-20(26)17-7-2-1-3-8-17/h1-3,7-8,10-13,15,20,26H,4-6,9,14H2,(H2,23,25)(H,24,27)/t20-/m0/s1/i6D2,9D2,10D,11D,12D,13D,14D2,20D. The molecule has 1 aromatic heterocycles. The third-order valence-electron chi connectivity index (χ3n) is 3.39. The SMILES string of the molecule is [2H]c1c([2H])c(C([2H])([2H])CCC([2H])([2H])[C@]([2H])(O)c2ccccc2)c([2H])c([2H])c1NC(=O)C([2H])([2H])c1csc(N)n1. The van der Waals surface area contributed by atoms with Crippen LogP contribution in [0.4, 0.5) is 10.8 Å². The number of rotatable bonds is 9. The summed E-state index contributed by atoms with van der Waals surface area (Å²) in [5, 5.41) is 13.9. The number of benzene rings is 2. The molecule has 1 heterocycles. The van der Waals surface area contributed by atoms with Gasteiger partial charge in [0.05, 0.1) is 25.0 Å². The number of nitrogen functional groups attached to an aromatic ring is 1. The van der Waals surface area contributed by atoms with Crippen LogP contribution in [-0.2, 0) is 17.5 Å². The molecule has 0 saturated heterocycles. The summed E-state index contributed by atoms with van der Waals surface area (Å²) in [7, 11) is 0. The largest absolute Gasteiger partial charge is 0.388 e. The molecule has 0 aliphatic carbocycles. The van der Waals surface area contributed by atoms with E-state index in [0.29, 0.717) is 0 Å². The lowest BCUT2D eigenvalue weighted by Gasteiger charge is -2.10. The number of amides is 1. The molecular weight excluding hydrogens is 370 g/mol. The smallest absolute Gasteiger partial charge is 0.230 e. The zero-order valence-electron chi connectivity index (χ0n) is 25.7. The number of hydrogen-bond donors (Lipinski definition) is 3. The van der Waals surface area contributed by atoms with Crippen molar-refractivity contribution in [3.05, 3.63) is 76.7 Å². The Morgan fingerprint density at radius 2 is 2.04 bits per heavy atom. The fourth-order valence-electron chi connectivity index (χ4n) is 2.14. The second-order valence-corrected chi connectivity index (χ2v) is 6.36. The fourth-order valence-corrected chi connectivity index (χ4v) is 2.63. The van der Waals surface area contributed by atoms with Crippen molar-refractivity contribution in [2.24, 2.45) is 0 Å². The van der Waals surface area contributed by atoms with Crippen LogP contribution in [-0.4, -0.2) is 16.0 Å². The van der Waals surface area contributed by atoms with Crippen molar-refractivity contribution in [2.45, 2.75) is 38.0 Å². The minimum Gasteiger partial charge on any atom is -0.388 e. The fraction of sp³-hybridized carbons (Fsp3) is 0.273. The van der Waals surface area contributed by atoms with Crippen LogP contribution in [0.15, 0.2) is 59.9 Å². The van der Waals surface area contributed by atoms with Crippen LogP contribution in [0.25, 0.3) is 0 Å². The summed E-state index contributed by atoms with van der Waals surface area (Å²) in [5.74, 6) is -1.34. The average Bonchev–Trinajstić information content (AvgIpc) is 3.31. The Balaban J connectivity index is 1.91. The number of anilines is 2. The molecule has 146 valence electrons. The number of hydrogen-bond acceptors (Lipinski definition) is 5. The number of carbonyl (C=O) groups is 1. The molecule has 0 bridgehead atoms. The normalized spacial score (nSPS) is 20.2. The van der Waals surface area contributed by atoms with Gasteiger partial charge in [0.1, 0.15) is 0 Å². The molecule has 0 radical (unpaired) electrons. The molecule has 28 heavy (non-hydrogen) atoms. The molecular formula is C22H25N3O2S. The van der Waals surface area contributed by atoms with Gasteiger partial charge in [0, 0.05) is 19.3 Å². The molecule has 5 nitrogen and oxygen atoms in total. The summed E-state index contributed by atoms with van der Waals surface area (Å²) in [6.07, 6.45) is -12.2. The highest BCUT2D eigenvalue weighted by Crippen LogP contribution is 2.20. The van der Waals surface area contributed by atoms with Crippen LogP contribution < -0.4 is 11.1 Å². The van der Waals surface area contributed by atoms with Crippen LogP contribution in [0, 0.1) is 0 Å². The summed E-state index contributed by atoms with van der Waals surface area (Å²) in [4.78, 5) is 16.4. The van der Waals surface area contributed by atoms with Gasteiger partial charge in [-0.3, -0.25) is 4.79 Å². The predicted octanol–water partition coefficient (Wildman–Crippen LogP) is 4.35. The lowest BCUT2D eigenvalue weighted by molar-refractivity contribution is -0.115. The van der Waals surface area contributed by atoms with Gasteiger partial charge >= 0.3 is 0 Å². The highest BCUT2D eigenvalue weighted by Gasteiger charge is 2.08. The quantitative estimate of drug-likeness (QED) is 0.493. The van der Waals surface area contributed by atoms with Crippen molar-refractivity contribution in [2.75, 3.05) is 11.1 Å². The van der Waals surface area contributed by atoms with Crippen molar-refractivity contribution in [1.29, 1.82) is 0 Å². The Hall–Kier alpha value is -2.70. The van der Waals surface area contributed by atoms with E-state index in [9.17, 15) is 9.90 Å². The van der Waals surface area contributed by atoms with Gasteiger partial charge in [-0.2, -0.15) is 0 Å². The Kier molecular flexibility index (Phi) is 3.64. The first-order chi connectivity index (χ1) is 17.8. The summed E-state index contributed by atoms with van der Waals surface area (Å²) in [6, 6.07) is 3.91. The second-order valence-electron chi connectivity index (χ2n) is 5.47. The maximum atomic E-state index is 12.7. The minimum absolute atomic E-state index is 0.00881. The third kappa shape index (κ3) is 6.18. The van der Waals surface area contributed by atoms with Crippen LogP contribution in [0.2, 0.25) is 0 Å². The van der Waals surface area contributed by atoms with Crippen LogP contribution in [0.3, 0.4) is 0 Å². The number of aliphatic hydroxyl groups is 1. The van der Waals surface area contributed by atoms with Crippen molar-refractivity contribution >= 4 is 28.1 Å². The van der Waals surface area contributed by atoms with Gasteiger partial charge in [-0.25, -0.2) is 4.98 Å². The van der Waals surface area contributed by atoms with Gasteiger partial charge < -0.3 is 16.2 Å². The van der Waals surface area contributed by atoms with Crippen LogP contribution in [0.5, 0.6) is 0 Å². The Bertz CT molecular complexity index is 1350. The van der Waals surface area contributed by atoms with E-state index in [2.05, 4.69) is 4.98 Å². The van der Waals surface area contributed by atoms with E-state index in [1.54, 1.807) is 6.07 Å². The molecule has 0 saturated carbocycles. The number of nitrogens with zero attached hydrogens (tertiary/aromatic N) is 1. The highest BCUT2D eigenvalue weighted by molar-refractivity contribution is 7.13. The van der Waals surface area contributed by atoms with E-state index in [4.69, 9.17) is 20.8 Å². The molecule has 3 rings (SSSR count). The predicted molar refractivity (Wildman–Crippen MR) is 114 cm³/mol. The lowest BCUT2D eigenvalue weighted by atomic mass is 10.0. The topological polar surface area (TPSA) is 88.2 Å². The van der Waals surface area contributed by atoms with E-state index >= 15 is 0 Å². The van der Waals surface area contributed by atoms with Crippen molar-refractivity contribution in [1.82, 2.24) is 4.98 Å². The Labute approximate surface area is 184 Å². The molecule has 3 aromatic rings. The zero-order valence-corrected chi connectivity index (χ0v) is 15.5. The maximum absolute atomic E-state index is 12.7. The number of nitrogens with one attached hydrogen (secondary N) is 1. The van der Waals surface area contributed by atoms with Gasteiger partial charge in [0.15, 0.2) is 5.13 Å². The molecule has 4 N–H and O–H groups in total. The molecule has 1 atom stereocenters. The maximum Gasteiger partial charge on any atom is 0.230 e. The minimum atomic E-state index is -2.74. The first kappa shape index (κ1) is 10.2. The second kappa shape index (κ2) is 10.0. The zero-order chi connectivity index (χ0) is 29.6. The molecule has 2 aromatic carbocycles. The third-order valence-corrected chi connectivity index (χ3v) is 4.07. The number of aromatic nitrogens is 1. The summed E-state index contributed by atoms with van der Waals surface area (Å²) in [6.45, 7) is 0. The molecule has 1 amide bonds. The average molecular weight is 407 g/mol. The van der Waals surface area contributed by atoms with Crippen molar-refractivity contribution in [3.8, 4) is 0 Å². The number of nitrogens with two attached hydrogens (primary N) is 1. The van der Waals surface area contributed by atoms with Crippen molar-refractivity contribution < 1.29 is 25.0 Å². The lowest BCUT2D eigenvalue weighted by Crippen LogP contribution is -2.14. The molecule has 0 spiro atoms. The first-order valence-electron chi connectivity index (χ1n) is 13.8. The number of thiazole rings is 1. The molecule has 0 aliphatic heterocycles. The van der Waals surface area contributed by atoms with E-state index in [-0.39, 0.29) is 16.4 Å². The van der Waals surface area contributed by atoms with Crippen LogP contribution in [0.1, 0.15) is 57.2 Å². The monoisotopic (exact) mass is 406 g/mol. The van der Waals surface area contributed by atoms with E-state index < -0.39 is 79.4 Å². The van der Waals surface area contributed by atoms with Crippen LogP contribution >= 0.6 is 11.3 Å². The van der Waals surface area contributed by atoms with Gasteiger partial charge in [0.2, 0.25) is 5.91 Å². The highest BCUT2D eigenvalue weighted by atomic mass is 32.1. The van der Waals surface area contributed by atoms with Gasteiger partial charge in [-0.1, -0.05) is 48.8 Å². The summed E-state index contributed by atoms with van der Waals surface area (Å²) < 4.78 is 90.8. The first-order valence-corrected chi connectivity index (χ1v) is 9.14. The summed E-state index contributed by atoms with van der Waals surface area (Å²) in [5.41, 5.74) is 3.73. The molecule has 0 aliphatic rings. The molecule has 0 fully saturated rings. The van der Waals surface area contributed by atoms with E-state index in [1.807, 2.05) is 5.32 Å². The van der Waals surface area contributed by atoms with Gasteiger partial charge in [-0.05, 0) is 42.4 Å². The van der Waals surface area contributed by atoms with E-state index in [0.717, 1.165) is 11.3 Å². The molecule has 6 heteroatoms. The number of carbonyl (C=O) groups excluding carboxylic acids is 1. The van der Waals surface area contributed by atoms with Gasteiger partial charge in [0.25, 0.3) is 0 Å². The Morgan fingerprint density at radius 1 is 1.29 bits per heavy atom. The molecule has 0 unspecified atom stereocenters. The summed E-state index contributed by atoms with van der Waals surface area (Å²) >= 11 is 0.894.